The molecule has 0 rings (SSSR count). The maximum absolute atomic E-state index is 5.57. The van der Waals surface area contributed by atoms with Crippen molar-refractivity contribution < 1.29 is 4.74 Å². The van der Waals surface area contributed by atoms with Gasteiger partial charge < -0.3 is 15.8 Å². The second-order valence-electron chi connectivity index (χ2n) is 2.71. The average molecular weight is 173 g/mol. The first-order chi connectivity index (χ1) is 5.70. The van der Waals surface area contributed by atoms with E-state index in [-0.39, 0.29) is 0 Å². The molecule has 0 aromatic rings. The van der Waals surface area contributed by atoms with Gasteiger partial charge in [-0.15, -0.1) is 0 Å². The molecule has 4 nitrogen and oxygen atoms in total. The predicted molar refractivity (Wildman–Crippen MR) is 51.3 cm³/mol. The molecule has 1 atom stereocenters. The highest BCUT2D eigenvalue weighted by atomic mass is 16.5. The zero-order valence-corrected chi connectivity index (χ0v) is 8.13. The van der Waals surface area contributed by atoms with Gasteiger partial charge in [0.2, 0.25) is 0 Å². The predicted octanol–water partition coefficient (Wildman–Crippen LogP) is 0.336. The second kappa shape index (κ2) is 6.91. The van der Waals surface area contributed by atoms with Crippen molar-refractivity contribution in [1.29, 1.82) is 0 Å². The standard InChI is InChI=1S/C8H19N3O/c1-4-7(2)11-8(9)10-5-6-12-3/h7H,4-6H2,1-3H3,(H3,9,10,11)/t7-/m0/s1. The normalized spacial score (nSPS) is 14.4. The van der Waals surface area contributed by atoms with Gasteiger partial charge in [0.1, 0.15) is 0 Å². The summed E-state index contributed by atoms with van der Waals surface area (Å²) in [5.41, 5.74) is 5.57. The molecule has 0 aliphatic rings. The molecule has 0 aromatic carbocycles. The Kier molecular flexibility index (Phi) is 6.47. The molecule has 0 aliphatic carbocycles. The second-order valence-corrected chi connectivity index (χ2v) is 2.71. The van der Waals surface area contributed by atoms with Crippen molar-refractivity contribution in [3.8, 4) is 0 Å². The zero-order valence-electron chi connectivity index (χ0n) is 8.13. The van der Waals surface area contributed by atoms with Crippen molar-refractivity contribution in [2.24, 2.45) is 10.7 Å². The van der Waals surface area contributed by atoms with Crippen LogP contribution in [0.2, 0.25) is 0 Å². The van der Waals surface area contributed by atoms with E-state index in [1.165, 1.54) is 0 Å². The Balaban J connectivity index is 3.54. The van der Waals surface area contributed by atoms with Crippen LogP contribution >= 0.6 is 0 Å². The van der Waals surface area contributed by atoms with Crippen LogP contribution in [0.25, 0.3) is 0 Å². The average Bonchev–Trinajstić information content (AvgIpc) is 2.05. The summed E-state index contributed by atoms with van der Waals surface area (Å²) < 4.78 is 4.83. The summed E-state index contributed by atoms with van der Waals surface area (Å²) in [6.07, 6.45) is 1.04. The van der Waals surface area contributed by atoms with Gasteiger partial charge in [0, 0.05) is 13.2 Å². The van der Waals surface area contributed by atoms with E-state index in [9.17, 15) is 0 Å². The molecule has 3 N–H and O–H groups in total. The van der Waals surface area contributed by atoms with Gasteiger partial charge in [-0.05, 0) is 13.3 Å². The van der Waals surface area contributed by atoms with Gasteiger partial charge in [-0.2, -0.15) is 0 Å². The summed E-state index contributed by atoms with van der Waals surface area (Å²) in [6, 6.07) is 0.385. The van der Waals surface area contributed by atoms with Gasteiger partial charge >= 0.3 is 0 Å². The first-order valence-corrected chi connectivity index (χ1v) is 4.26. The number of nitrogens with zero attached hydrogens (tertiary/aromatic N) is 1. The van der Waals surface area contributed by atoms with E-state index in [4.69, 9.17) is 10.5 Å². The van der Waals surface area contributed by atoms with Crippen LogP contribution in [0.1, 0.15) is 20.3 Å². The topological polar surface area (TPSA) is 59.6 Å². The molecule has 12 heavy (non-hydrogen) atoms. The SMILES string of the molecule is CC[C@H](C)NC(N)=NCCOC. The van der Waals surface area contributed by atoms with Crippen LogP contribution in [0.3, 0.4) is 0 Å². The zero-order chi connectivity index (χ0) is 9.40. The van der Waals surface area contributed by atoms with Crippen LogP contribution in [0.4, 0.5) is 0 Å². The van der Waals surface area contributed by atoms with Crippen LogP contribution in [-0.4, -0.2) is 32.3 Å². The van der Waals surface area contributed by atoms with E-state index < -0.39 is 0 Å². The summed E-state index contributed by atoms with van der Waals surface area (Å²) in [6.45, 7) is 5.40. The summed E-state index contributed by atoms with van der Waals surface area (Å²) >= 11 is 0. The molecule has 0 aliphatic heterocycles. The van der Waals surface area contributed by atoms with Gasteiger partial charge in [0.25, 0.3) is 0 Å². The molecule has 0 radical (unpaired) electrons. The molecule has 0 spiro atoms. The van der Waals surface area contributed by atoms with Crippen molar-refractivity contribution in [1.82, 2.24) is 5.32 Å². The number of aliphatic imine (C=N–C) groups is 1. The largest absolute Gasteiger partial charge is 0.383 e. The molecule has 72 valence electrons. The molecule has 0 heterocycles. The fourth-order valence-corrected chi connectivity index (χ4v) is 0.658. The third kappa shape index (κ3) is 5.97. The number of rotatable bonds is 5. The number of guanidine groups is 1. The maximum atomic E-state index is 5.57. The fraction of sp³-hybridized carbons (Fsp3) is 0.875. The minimum atomic E-state index is 0.385. The van der Waals surface area contributed by atoms with Crippen LogP contribution in [-0.2, 0) is 4.74 Å². The van der Waals surface area contributed by atoms with Crippen molar-refractivity contribution in [3.63, 3.8) is 0 Å². The lowest BCUT2D eigenvalue weighted by molar-refractivity contribution is 0.208. The lowest BCUT2D eigenvalue weighted by atomic mass is 10.3. The summed E-state index contributed by atoms with van der Waals surface area (Å²) in [5, 5.41) is 3.06. The van der Waals surface area contributed by atoms with E-state index >= 15 is 0 Å². The Morgan fingerprint density at radius 2 is 2.33 bits per heavy atom. The summed E-state index contributed by atoms with van der Waals surface area (Å²) in [5.74, 6) is 0.501. The molecule has 0 bridgehead atoms. The van der Waals surface area contributed by atoms with Crippen molar-refractivity contribution >= 4 is 5.96 Å². The van der Waals surface area contributed by atoms with Gasteiger partial charge in [-0.1, -0.05) is 6.92 Å². The third-order valence-corrected chi connectivity index (χ3v) is 1.58. The summed E-state index contributed by atoms with van der Waals surface area (Å²) in [7, 11) is 1.65. The molecule has 0 saturated carbocycles. The van der Waals surface area contributed by atoms with Crippen LogP contribution < -0.4 is 11.1 Å². The van der Waals surface area contributed by atoms with E-state index in [1.807, 2.05) is 0 Å². The number of methoxy groups -OCH3 is 1. The monoisotopic (exact) mass is 173 g/mol. The molecule has 0 saturated heterocycles. The quantitative estimate of drug-likeness (QED) is 0.358. The van der Waals surface area contributed by atoms with Crippen LogP contribution in [0.5, 0.6) is 0 Å². The van der Waals surface area contributed by atoms with Crippen molar-refractivity contribution in [3.05, 3.63) is 0 Å². The van der Waals surface area contributed by atoms with Crippen LogP contribution in [0, 0.1) is 0 Å². The smallest absolute Gasteiger partial charge is 0.188 e. The molecule has 0 fully saturated rings. The highest BCUT2D eigenvalue weighted by molar-refractivity contribution is 5.78. The molecular weight excluding hydrogens is 154 g/mol. The number of nitrogens with one attached hydrogen (secondary N) is 1. The highest BCUT2D eigenvalue weighted by Crippen LogP contribution is 1.85. The number of nitrogens with two attached hydrogens (primary N) is 1. The van der Waals surface area contributed by atoms with Gasteiger partial charge in [-0.3, -0.25) is 4.99 Å². The highest BCUT2D eigenvalue weighted by Gasteiger charge is 1.97. The number of hydrogen-bond acceptors (Lipinski definition) is 2. The number of ether oxygens (including phenoxy) is 1. The molecular formula is C8H19N3O. The first-order valence-electron chi connectivity index (χ1n) is 4.26. The Hall–Kier alpha value is -0.770. The van der Waals surface area contributed by atoms with E-state index in [0.717, 1.165) is 6.42 Å². The Labute approximate surface area is 74.2 Å². The van der Waals surface area contributed by atoms with Crippen molar-refractivity contribution in [2.45, 2.75) is 26.3 Å². The Bertz CT molecular complexity index is 136. The van der Waals surface area contributed by atoms with Crippen LogP contribution in [0.15, 0.2) is 4.99 Å². The molecule has 0 amide bonds. The Morgan fingerprint density at radius 1 is 1.67 bits per heavy atom. The number of hydrogen-bond donors (Lipinski definition) is 2. The lowest BCUT2D eigenvalue weighted by Crippen LogP contribution is -2.38. The van der Waals surface area contributed by atoms with Crippen molar-refractivity contribution in [2.75, 3.05) is 20.3 Å². The van der Waals surface area contributed by atoms with Gasteiger partial charge in [-0.25, -0.2) is 0 Å². The molecule has 0 unspecified atom stereocenters. The molecule has 0 aromatic heterocycles. The Morgan fingerprint density at radius 3 is 2.83 bits per heavy atom. The minimum absolute atomic E-state index is 0.385. The molecule has 4 heteroatoms. The van der Waals surface area contributed by atoms with E-state index in [2.05, 4.69) is 24.2 Å². The first kappa shape index (κ1) is 11.2. The van der Waals surface area contributed by atoms with Gasteiger partial charge in [0.15, 0.2) is 5.96 Å². The van der Waals surface area contributed by atoms with E-state index in [1.54, 1.807) is 7.11 Å². The lowest BCUT2D eigenvalue weighted by Gasteiger charge is -2.11. The fourth-order valence-electron chi connectivity index (χ4n) is 0.658. The van der Waals surface area contributed by atoms with E-state index in [0.29, 0.717) is 25.2 Å². The minimum Gasteiger partial charge on any atom is -0.383 e. The third-order valence-electron chi connectivity index (χ3n) is 1.58. The maximum Gasteiger partial charge on any atom is 0.188 e. The summed E-state index contributed by atoms with van der Waals surface area (Å²) in [4.78, 5) is 4.06. The van der Waals surface area contributed by atoms with Gasteiger partial charge in [0.05, 0.1) is 13.2 Å².